The molecule has 0 bridgehead atoms. The third-order valence-corrected chi connectivity index (χ3v) is 5.60. The van der Waals surface area contributed by atoms with Gasteiger partial charge in [0.15, 0.2) is 23.0 Å². The minimum absolute atomic E-state index is 0.157. The SMILES string of the molecule is COC(=O)[C@@H]1[C@@H](CO)[C@H](c2ccc3c(c2)OCO3)O[C@@H]1c1ccc2c(c1)OCO2. The van der Waals surface area contributed by atoms with E-state index in [4.69, 9.17) is 28.4 Å². The molecule has 152 valence electrons. The Bertz CT molecular complexity index is 942. The molecule has 1 N–H and O–H groups in total. The molecule has 1 saturated heterocycles. The maximum Gasteiger partial charge on any atom is 0.312 e. The van der Waals surface area contributed by atoms with Crippen LogP contribution in [-0.4, -0.2) is 38.4 Å². The Morgan fingerprint density at radius 3 is 2.03 bits per heavy atom. The Labute approximate surface area is 166 Å². The summed E-state index contributed by atoms with van der Waals surface area (Å²) in [5.41, 5.74) is 1.55. The highest BCUT2D eigenvalue weighted by molar-refractivity contribution is 5.74. The van der Waals surface area contributed by atoms with Gasteiger partial charge in [0.05, 0.1) is 25.2 Å². The van der Waals surface area contributed by atoms with Crippen LogP contribution in [0.4, 0.5) is 0 Å². The van der Waals surface area contributed by atoms with Crippen LogP contribution in [0.25, 0.3) is 0 Å². The van der Waals surface area contributed by atoms with Crippen molar-refractivity contribution in [2.75, 3.05) is 27.3 Å². The molecule has 3 heterocycles. The first-order chi connectivity index (χ1) is 14.2. The van der Waals surface area contributed by atoms with Crippen molar-refractivity contribution < 1.29 is 38.3 Å². The number of methoxy groups -OCH3 is 1. The Hall–Kier alpha value is -2.97. The van der Waals surface area contributed by atoms with Gasteiger partial charge in [-0.1, -0.05) is 12.1 Å². The van der Waals surface area contributed by atoms with E-state index in [1.54, 1.807) is 18.2 Å². The fourth-order valence-electron chi connectivity index (χ4n) is 4.19. The van der Waals surface area contributed by atoms with Gasteiger partial charge in [-0.05, 0) is 35.4 Å². The minimum atomic E-state index is -0.680. The Morgan fingerprint density at radius 1 is 0.931 bits per heavy atom. The van der Waals surface area contributed by atoms with E-state index in [1.807, 2.05) is 18.2 Å². The largest absolute Gasteiger partial charge is 0.469 e. The molecule has 0 aromatic heterocycles. The van der Waals surface area contributed by atoms with Crippen LogP contribution in [0.5, 0.6) is 23.0 Å². The van der Waals surface area contributed by atoms with Gasteiger partial charge in [-0.15, -0.1) is 0 Å². The molecule has 4 atom stereocenters. The normalized spacial score (nSPS) is 26.6. The van der Waals surface area contributed by atoms with E-state index in [9.17, 15) is 9.90 Å². The maximum atomic E-state index is 12.7. The van der Waals surface area contributed by atoms with Crippen LogP contribution in [0.1, 0.15) is 23.3 Å². The lowest BCUT2D eigenvalue weighted by atomic mass is 9.83. The zero-order chi connectivity index (χ0) is 20.0. The molecule has 0 aliphatic carbocycles. The van der Waals surface area contributed by atoms with Crippen LogP contribution in [0, 0.1) is 11.8 Å². The topological polar surface area (TPSA) is 92.7 Å². The van der Waals surface area contributed by atoms with E-state index < -0.39 is 30.0 Å². The van der Waals surface area contributed by atoms with Gasteiger partial charge in [0.2, 0.25) is 13.6 Å². The number of hydrogen-bond donors (Lipinski definition) is 1. The van der Waals surface area contributed by atoms with E-state index in [0.717, 1.165) is 11.1 Å². The molecular weight excluding hydrogens is 380 g/mol. The third kappa shape index (κ3) is 2.95. The van der Waals surface area contributed by atoms with Gasteiger partial charge in [-0.3, -0.25) is 4.79 Å². The molecule has 0 spiro atoms. The lowest BCUT2D eigenvalue weighted by Gasteiger charge is -2.20. The van der Waals surface area contributed by atoms with Gasteiger partial charge in [0, 0.05) is 12.5 Å². The Morgan fingerprint density at radius 2 is 1.48 bits per heavy atom. The summed E-state index contributed by atoms with van der Waals surface area (Å²) in [6, 6.07) is 10.9. The first-order valence-electron chi connectivity index (χ1n) is 9.33. The first-order valence-corrected chi connectivity index (χ1v) is 9.33. The Balaban J connectivity index is 1.53. The summed E-state index contributed by atoms with van der Waals surface area (Å²) in [6.07, 6.45) is -1.13. The smallest absolute Gasteiger partial charge is 0.312 e. The fourth-order valence-corrected chi connectivity index (χ4v) is 4.19. The number of hydrogen-bond acceptors (Lipinski definition) is 8. The molecule has 8 heteroatoms. The van der Waals surface area contributed by atoms with Crippen LogP contribution in [0.15, 0.2) is 36.4 Å². The van der Waals surface area contributed by atoms with Crippen molar-refractivity contribution in [2.45, 2.75) is 12.2 Å². The van der Waals surface area contributed by atoms with Crippen LogP contribution >= 0.6 is 0 Å². The van der Waals surface area contributed by atoms with Crippen LogP contribution < -0.4 is 18.9 Å². The molecule has 2 aromatic carbocycles. The van der Waals surface area contributed by atoms with Crippen molar-refractivity contribution >= 4 is 5.97 Å². The van der Waals surface area contributed by atoms with Gasteiger partial charge in [0.25, 0.3) is 0 Å². The lowest BCUT2D eigenvalue weighted by molar-refractivity contribution is -0.149. The van der Waals surface area contributed by atoms with Gasteiger partial charge in [0.1, 0.15) is 0 Å². The summed E-state index contributed by atoms with van der Waals surface area (Å²) in [5, 5.41) is 10.1. The molecule has 3 aliphatic heterocycles. The summed E-state index contributed by atoms with van der Waals surface area (Å²) in [6.45, 7) is 0.0854. The number of rotatable bonds is 4. The Kier molecular flexibility index (Phi) is 4.44. The van der Waals surface area contributed by atoms with E-state index in [2.05, 4.69) is 0 Å². The number of benzene rings is 2. The average Bonchev–Trinajstić information content (AvgIpc) is 3.49. The second kappa shape index (κ2) is 7.13. The van der Waals surface area contributed by atoms with Crippen LogP contribution in [0.3, 0.4) is 0 Å². The van der Waals surface area contributed by atoms with Crippen LogP contribution in [-0.2, 0) is 14.3 Å². The molecule has 0 radical (unpaired) electrons. The molecular formula is C21H20O8. The predicted octanol–water partition coefficient (Wildman–Crippen LogP) is 2.35. The third-order valence-electron chi connectivity index (χ3n) is 5.60. The second-order valence-electron chi connectivity index (χ2n) is 7.10. The molecule has 2 aromatic rings. The maximum absolute atomic E-state index is 12.7. The molecule has 0 saturated carbocycles. The van der Waals surface area contributed by atoms with Gasteiger partial charge in [-0.25, -0.2) is 0 Å². The molecule has 8 nitrogen and oxygen atoms in total. The molecule has 1 fully saturated rings. The molecule has 5 rings (SSSR count). The fraction of sp³-hybridized carbons (Fsp3) is 0.381. The predicted molar refractivity (Wildman–Crippen MR) is 97.8 cm³/mol. The molecule has 3 aliphatic rings. The van der Waals surface area contributed by atoms with Crippen molar-refractivity contribution in [1.29, 1.82) is 0 Å². The summed E-state index contributed by atoms with van der Waals surface area (Å²) >= 11 is 0. The number of fused-ring (bicyclic) bond motifs is 2. The lowest BCUT2D eigenvalue weighted by Crippen LogP contribution is -2.28. The van der Waals surface area contributed by atoms with Crippen molar-refractivity contribution in [3.05, 3.63) is 47.5 Å². The number of esters is 1. The van der Waals surface area contributed by atoms with Crippen LogP contribution in [0.2, 0.25) is 0 Å². The van der Waals surface area contributed by atoms with E-state index in [-0.39, 0.29) is 20.2 Å². The monoisotopic (exact) mass is 400 g/mol. The first kappa shape index (κ1) is 18.1. The number of ether oxygens (including phenoxy) is 6. The summed E-state index contributed by atoms with van der Waals surface area (Å²) < 4.78 is 33.0. The molecule has 29 heavy (non-hydrogen) atoms. The van der Waals surface area contributed by atoms with Gasteiger partial charge < -0.3 is 33.5 Å². The summed E-state index contributed by atoms with van der Waals surface area (Å²) in [4.78, 5) is 12.7. The molecule has 0 amide bonds. The number of aliphatic hydroxyl groups is 1. The highest BCUT2D eigenvalue weighted by Crippen LogP contribution is 2.52. The number of aliphatic hydroxyl groups excluding tert-OH is 1. The van der Waals surface area contributed by atoms with Crippen molar-refractivity contribution in [1.82, 2.24) is 0 Å². The average molecular weight is 400 g/mol. The summed E-state index contributed by atoms with van der Waals surface area (Å²) in [7, 11) is 1.33. The quantitative estimate of drug-likeness (QED) is 0.782. The van der Waals surface area contributed by atoms with Crippen molar-refractivity contribution in [2.24, 2.45) is 11.8 Å². The standard InChI is InChI=1S/C21H20O8/c1-24-21(23)18-13(8-22)19(11-2-4-14-16(6-11)27-9-25-14)29-20(18)12-3-5-15-17(7-12)28-10-26-15/h2-7,13,18-20,22H,8-10H2,1H3/t13-,18-,19+,20-/m1/s1. The van der Waals surface area contributed by atoms with E-state index >= 15 is 0 Å². The van der Waals surface area contributed by atoms with Gasteiger partial charge >= 0.3 is 5.97 Å². The van der Waals surface area contributed by atoms with Crippen molar-refractivity contribution in [3.8, 4) is 23.0 Å². The highest BCUT2D eigenvalue weighted by atomic mass is 16.7. The van der Waals surface area contributed by atoms with Crippen molar-refractivity contribution in [3.63, 3.8) is 0 Å². The second-order valence-corrected chi connectivity index (χ2v) is 7.10. The minimum Gasteiger partial charge on any atom is -0.469 e. The zero-order valence-corrected chi connectivity index (χ0v) is 15.7. The molecule has 0 unspecified atom stereocenters. The number of carbonyl (C=O) groups is 1. The zero-order valence-electron chi connectivity index (χ0n) is 15.7. The van der Waals surface area contributed by atoms with E-state index in [1.165, 1.54) is 7.11 Å². The highest BCUT2D eigenvalue weighted by Gasteiger charge is 2.50. The summed E-state index contributed by atoms with van der Waals surface area (Å²) in [5.74, 6) is 0.913. The number of carbonyl (C=O) groups excluding carboxylic acids is 1. The van der Waals surface area contributed by atoms with E-state index in [0.29, 0.717) is 23.0 Å². The van der Waals surface area contributed by atoms with Gasteiger partial charge in [-0.2, -0.15) is 0 Å².